The molecular weight excluding hydrogens is 397 g/mol. The van der Waals surface area contributed by atoms with Crippen LogP contribution in [0.4, 0.5) is 10.2 Å². The molecule has 0 unspecified atom stereocenters. The fourth-order valence-corrected chi connectivity index (χ4v) is 4.95. The molecule has 1 N–H and O–H groups in total. The highest BCUT2D eigenvalue weighted by Crippen LogP contribution is 2.45. The van der Waals surface area contributed by atoms with E-state index in [1.807, 2.05) is 25.1 Å². The van der Waals surface area contributed by atoms with Crippen molar-refractivity contribution in [3.63, 3.8) is 0 Å². The first-order chi connectivity index (χ1) is 15.0. The molecule has 1 aromatic carbocycles. The van der Waals surface area contributed by atoms with E-state index in [4.69, 9.17) is 4.74 Å². The third-order valence-electron chi connectivity index (χ3n) is 6.72. The van der Waals surface area contributed by atoms with Gasteiger partial charge in [0.05, 0.1) is 11.7 Å². The lowest BCUT2D eigenvalue weighted by Crippen LogP contribution is -2.46. The van der Waals surface area contributed by atoms with Gasteiger partial charge in [0.15, 0.2) is 5.82 Å². The lowest BCUT2D eigenvalue weighted by atomic mass is 9.83. The molecule has 0 aliphatic heterocycles. The Morgan fingerprint density at radius 2 is 2.03 bits per heavy atom. The van der Waals surface area contributed by atoms with Gasteiger partial charge in [-0.1, -0.05) is 0 Å². The summed E-state index contributed by atoms with van der Waals surface area (Å²) in [6.45, 7) is 0. The van der Waals surface area contributed by atoms with Crippen molar-refractivity contribution in [1.82, 2.24) is 19.7 Å². The molecule has 31 heavy (non-hydrogen) atoms. The highest BCUT2D eigenvalue weighted by molar-refractivity contribution is 5.68. The van der Waals surface area contributed by atoms with Gasteiger partial charge in [-0.25, -0.2) is 9.37 Å². The summed E-state index contributed by atoms with van der Waals surface area (Å²) in [6.07, 6.45) is 6.63. The molecule has 162 valence electrons. The van der Waals surface area contributed by atoms with Crippen molar-refractivity contribution >= 4 is 5.82 Å². The summed E-state index contributed by atoms with van der Waals surface area (Å²) in [7, 11) is 3.72. The molecule has 2 aliphatic rings. The number of fused-ring (bicyclic) bond motifs is 2. The average Bonchev–Trinajstić information content (AvgIpc) is 3.37. The number of nitrogens with zero attached hydrogens (tertiary/aromatic N) is 5. The van der Waals surface area contributed by atoms with Crippen LogP contribution in [0, 0.1) is 11.8 Å². The molecule has 2 saturated carbocycles. The number of hydrogen-bond donors (Lipinski definition) is 1. The molecule has 2 bridgehead atoms. The summed E-state index contributed by atoms with van der Waals surface area (Å²) >= 11 is 0. The molecule has 2 aliphatic carbocycles. The summed E-state index contributed by atoms with van der Waals surface area (Å²) in [5.41, 5.74) is 1.09. The lowest BCUT2D eigenvalue weighted by molar-refractivity contribution is 0.144. The monoisotopic (exact) mass is 423 g/mol. The fraction of sp³-hybridized carbons (Fsp3) is 0.435. The number of ether oxygens (including phenoxy) is 1. The topological polar surface area (TPSA) is 76.3 Å². The molecule has 7 nitrogen and oxygen atoms in total. The number of imidazole rings is 1. The van der Waals surface area contributed by atoms with Crippen LogP contribution >= 0.6 is 0 Å². The zero-order valence-electron chi connectivity index (χ0n) is 17.6. The van der Waals surface area contributed by atoms with Crippen molar-refractivity contribution in [2.75, 3.05) is 11.9 Å². The fourth-order valence-electron chi connectivity index (χ4n) is 4.95. The van der Waals surface area contributed by atoms with Crippen LogP contribution in [0.5, 0.6) is 17.5 Å². The first-order valence-corrected chi connectivity index (χ1v) is 10.7. The number of phenols is 1. The molecule has 8 heteroatoms. The van der Waals surface area contributed by atoms with E-state index in [2.05, 4.69) is 15.2 Å². The van der Waals surface area contributed by atoms with Crippen molar-refractivity contribution in [1.29, 1.82) is 0 Å². The van der Waals surface area contributed by atoms with Gasteiger partial charge < -0.3 is 19.3 Å². The maximum absolute atomic E-state index is 14.9. The molecule has 0 saturated heterocycles. The predicted octanol–water partition coefficient (Wildman–Crippen LogP) is 4.34. The molecule has 5 rings (SSSR count). The van der Waals surface area contributed by atoms with Crippen LogP contribution < -0.4 is 9.64 Å². The van der Waals surface area contributed by atoms with E-state index in [0.29, 0.717) is 34.8 Å². The number of halogens is 1. The molecule has 2 fully saturated rings. The predicted molar refractivity (Wildman–Crippen MR) is 115 cm³/mol. The standard InChI is InChI=1S/C23H26FN5O2/c1-28-10-9-25-23(28)31-16-5-6-17(20(30)13-16)18-7-8-21(27-26-18)29(2)19-12-14-3-4-15(11-14)22(19)24/h5-10,13-15,19,22,30H,3-4,11-12H2,1-2H3/t14-,15+,19+,22-/m1/s1. The summed E-state index contributed by atoms with van der Waals surface area (Å²) in [4.78, 5) is 6.04. The Balaban J connectivity index is 1.32. The van der Waals surface area contributed by atoms with E-state index < -0.39 is 6.17 Å². The number of hydrogen-bond acceptors (Lipinski definition) is 6. The molecule has 3 aromatic rings. The van der Waals surface area contributed by atoms with E-state index in [9.17, 15) is 9.50 Å². The number of anilines is 1. The van der Waals surface area contributed by atoms with E-state index in [1.165, 1.54) is 6.07 Å². The number of benzene rings is 1. The normalized spacial score (nSPS) is 24.9. The Bertz CT molecular complexity index is 1070. The molecule has 0 spiro atoms. The van der Waals surface area contributed by atoms with Crippen molar-refractivity contribution in [3.05, 3.63) is 42.7 Å². The van der Waals surface area contributed by atoms with Gasteiger partial charge in [0.2, 0.25) is 0 Å². The Labute approximate surface area is 180 Å². The smallest absolute Gasteiger partial charge is 0.301 e. The molecule has 2 aromatic heterocycles. The van der Waals surface area contributed by atoms with Crippen LogP contribution in [0.1, 0.15) is 25.7 Å². The van der Waals surface area contributed by atoms with Crippen LogP contribution in [0.25, 0.3) is 11.3 Å². The highest BCUT2D eigenvalue weighted by atomic mass is 19.1. The molecule has 2 heterocycles. The molecular formula is C23H26FN5O2. The van der Waals surface area contributed by atoms with Gasteiger partial charge in [0.25, 0.3) is 0 Å². The summed E-state index contributed by atoms with van der Waals surface area (Å²) in [6, 6.07) is 8.93. The van der Waals surface area contributed by atoms with E-state index in [1.54, 1.807) is 35.2 Å². The Morgan fingerprint density at radius 3 is 2.74 bits per heavy atom. The van der Waals surface area contributed by atoms with Crippen LogP contribution in [0.2, 0.25) is 0 Å². The maximum Gasteiger partial charge on any atom is 0.301 e. The second-order valence-electron chi connectivity index (χ2n) is 8.68. The third-order valence-corrected chi connectivity index (χ3v) is 6.72. The lowest BCUT2D eigenvalue weighted by Gasteiger charge is -2.38. The van der Waals surface area contributed by atoms with Crippen molar-refractivity contribution in [3.8, 4) is 28.8 Å². The number of phenolic OH excluding ortho intramolecular Hbond substituents is 1. The summed E-state index contributed by atoms with van der Waals surface area (Å²) in [5.74, 6) is 1.96. The summed E-state index contributed by atoms with van der Waals surface area (Å²) < 4.78 is 22.4. The minimum absolute atomic E-state index is 0.0368. The van der Waals surface area contributed by atoms with Crippen molar-refractivity contribution < 1.29 is 14.2 Å². The van der Waals surface area contributed by atoms with E-state index in [-0.39, 0.29) is 17.7 Å². The minimum atomic E-state index is -0.819. The van der Waals surface area contributed by atoms with Crippen LogP contribution in [-0.4, -0.2) is 44.1 Å². The van der Waals surface area contributed by atoms with Gasteiger partial charge in [-0.2, -0.15) is 0 Å². The van der Waals surface area contributed by atoms with Crippen LogP contribution in [0.15, 0.2) is 42.7 Å². The second-order valence-corrected chi connectivity index (χ2v) is 8.68. The summed E-state index contributed by atoms with van der Waals surface area (Å²) in [5, 5.41) is 19.1. The third kappa shape index (κ3) is 3.71. The number of aromatic nitrogens is 4. The van der Waals surface area contributed by atoms with Gasteiger partial charge in [0.1, 0.15) is 17.7 Å². The van der Waals surface area contributed by atoms with Gasteiger partial charge >= 0.3 is 6.01 Å². The maximum atomic E-state index is 14.9. The minimum Gasteiger partial charge on any atom is -0.507 e. The number of aromatic hydroxyl groups is 1. The quantitative estimate of drug-likeness (QED) is 0.658. The number of alkyl halides is 1. The van der Waals surface area contributed by atoms with Gasteiger partial charge in [-0.05, 0) is 61.8 Å². The first kappa shape index (κ1) is 19.8. The Morgan fingerprint density at radius 1 is 1.16 bits per heavy atom. The van der Waals surface area contributed by atoms with Crippen LogP contribution in [-0.2, 0) is 7.05 Å². The molecule has 4 atom stereocenters. The first-order valence-electron chi connectivity index (χ1n) is 10.7. The van der Waals surface area contributed by atoms with Gasteiger partial charge in [-0.15, -0.1) is 10.2 Å². The van der Waals surface area contributed by atoms with Crippen LogP contribution in [0.3, 0.4) is 0 Å². The van der Waals surface area contributed by atoms with Gasteiger partial charge in [0, 0.05) is 38.1 Å². The van der Waals surface area contributed by atoms with Gasteiger partial charge in [-0.3, -0.25) is 0 Å². The zero-order valence-corrected chi connectivity index (χ0v) is 17.6. The molecule has 0 amide bonds. The number of rotatable bonds is 5. The average molecular weight is 423 g/mol. The highest BCUT2D eigenvalue weighted by Gasteiger charge is 2.44. The SMILES string of the molecule is CN(c1ccc(-c2ccc(Oc3nccn3C)cc2O)nn1)[C@H]1C[C@@H]2CC[C@@H](C2)[C@H]1F. The zero-order chi connectivity index (χ0) is 21.5. The Kier molecular flexibility index (Phi) is 5.00. The number of aryl methyl sites for hydroxylation is 1. The van der Waals surface area contributed by atoms with Crippen molar-refractivity contribution in [2.45, 2.75) is 37.9 Å². The second kappa shape index (κ2) is 7.83. The Hall–Kier alpha value is -3.16. The van der Waals surface area contributed by atoms with E-state index in [0.717, 1.165) is 25.7 Å². The largest absolute Gasteiger partial charge is 0.507 e. The van der Waals surface area contributed by atoms with E-state index >= 15 is 0 Å². The molecule has 0 radical (unpaired) electrons. The van der Waals surface area contributed by atoms with Crippen molar-refractivity contribution in [2.24, 2.45) is 18.9 Å².